The SMILES string of the molecule is CCCCCCCCCCCCCCCCCCCCCCCC(=O)OC[C@H](COP(=O)([O-])OCC[N+](C)(C)C)OC(=O)CCCCCCC/C=C\CC1OC1CCCCC. The predicted octanol–water partition coefficient (Wildman–Crippen LogP) is 13.3. The number of unbranched alkanes of at least 4 members (excludes halogenated alkanes) is 27. The maximum absolute atomic E-state index is 12.7. The van der Waals surface area contributed by atoms with Crippen LogP contribution in [-0.2, 0) is 37.4 Å². The highest BCUT2D eigenvalue weighted by molar-refractivity contribution is 7.45. The van der Waals surface area contributed by atoms with E-state index in [-0.39, 0.29) is 32.0 Å². The maximum Gasteiger partial charge on any atom is 0.306 e. The molecule has 1 fully saturated rings. The number of allylic oxidation sites excluding steroid dienone is 1. The largest absolute Gasteiger partial charge is 0.756 e. The molecule has 0 aromatic carbocycles. The van der Waals surface area contributed by atoms with E-state index in [1.54, 1.807) is 0 Å². The van der Waals surface area contributed by atoms with Gasteiger partial charge in [0, 0.05) is 12.8 Å². The Morgan fingerprint density at radius 2 is 1.05 bits per heavy atom. The van der Waals surface area contributed by atoms with Crippen LogP contribution in [0.5, 0.6) is 0 Å². The molecule has 1 aliphatic heterocycles. The van der Waals surface area contributed by atoms with Gasteiger partial charge in [-0.05, 0) is 38.5 Å². The van der Waals surface area contributed by atoms with Gasteiger partial charge >= 0.3 is 11.9 Å². The molecule has 1 heterocycles. The van der Waals surface area contributed by atoms with Gasteiger partial charge in [-0.2, -0.15) is 0 Å². The Bertz CT molecular complexity index is 1110. The first-order valence-corrected chi connectivity index (χ1v) is 27.0. The number of quaternary nitrogens is 1. The zero-order chi connectivity index (χ0) is 44.7. The van der Waals surface area contributed by atoms with Crippen molar-refractivity contribution in [2.24, 2.45) is 0 Å². The van der Waals surface area contributed by atoms with Gasteiger partial charge in [0.25, 0.3) is 7.82 Å². The molecule has 0 radical (unpaired) electrons. The first-order valence-electron chi connectivity index (χ1n) is 25.5. The second-order valence-electron chi connectivity index (χ2n) is 18.9. The average Bonchev–Trinajstić information content (AvgIpc) is 3.97. The Labute approximate surface area is 375 Å². The number of hydrogen-bond donors (Lipinski definition) is 0. The van der Waals surface area contributed by atoms with Crippen molar-refractivity contribution >= 4 is 19.8 Å². The lowest BCUT2D eigenvalue weighted by molar-refractivity contribution is -0.870. The number of carbonyl (C=O) groups is 2. The number of nitrogens with zero attached hydrogens (tertiary/aromatic N) is 1. The van der Waals surface area contributed by atoms with Crippen molar-refractivity contribution in [2.75, 3.05) is 47.5 Å². The van der Waals surface area contributed by atoms with Crippen LogP contribution in [0.2, 0.25) is 0 Å². The van der Waals surface area contributed by atoms with Crippen LogP contribution >= 0.6 is 7.82 Å². The van der Waals surface area contributed by atoms with Crippen molar-refractivity contribution in [3.8, 4) is 0 Å². The van der Waals surface area contributed by atoms with E-state index in [9.17, 15) is 19.0 Å². The maximum atomic E-state index is 12.7. The Morgan fingerprint density at radius 3 is 1.56 bits per heavy atom. The molecule has 3 unspecified atom stereocenters. The average molecular weight is 886 g/mol. The van der Waals surface area contributed by atoms with Crippen LogP contribution < -0.4 is 4.89 Å². The topological polar surface area (TPSA) is 124 Å². The van der Waals surface area contributed by atoms with E-state index >= 15 is 0 Å². The number of ether oxygens (including phenoxy) is 3. The first-order chi connectivity index (χ1) is 29.5. The molecular formula is C50H96NO9P. The zero-order valence-electron chi connectivity index (χ0n) is 40.3. The molecule has 1 rings (SSSR count). The van der Waals surface area contributed by atoms with Gasteiger partial charge in [0.1, 0.15) is 19.8 Å². The summed E-state index contributed by atoms with van der Waals surface area (Å²) in [7, 11) is 1.16. The highest BCUT2D eigenvalue weighted by Crippen LogP contribution is 2.38. The fourth-order valence-electron chi connectivity index (χ4n) is 7.60. The summed E-state index contributed by atoms with van der Waals surface area (Å²) < 4.78 is 39.8. The van der Waals surface area contributed by atoms with Gasteiger partial charge in [-0.25, -0.2) is 0 Å². The van der Waals surface area contributed by atoms with E-state index in [4.69, 9.17) is 23.3 Å². The molecular weight excluding hydrogens is 790 g/mol. The third-order valence-electron chi connectivity index (χ3n) is 11.7. The Kier molecular flexibility index (Phi) is 37.0. The fourth-order valence-corrected chi connectivity index (χ4v) is 8.33. The summed E-state index contributed by atoms with van der Waals surface area (Å²) in [5.41, 5.74) is 0. The molecule has 360 valence electrons. The predicted molar refractivity (Wildman–Crippen MR) is 249 cm³/mol. The van der Waals surface area contributed by atoms with Crippen LogP contribution in [0.1, 0.15) is 232 Å². The monoisotopic (exact) mass is 886 g/mol. The lowest BCUT2D eigenvalue weighted by Crippen LogP contribution is -2.37. The molecule has 1 saturated heterocycles. The van der Waals surface area contributed by atoms with Crippen LogP contribution in [0.4, 0.5) is 0 Å². The van der Waals surface area contributed by atoms with E-state index in [0.29, 0.717) is 29.7 Å². The second kappa shape index (κ2) is 39.1. The molecule has 4 atom stereocenters. The highest BCUT2D eigenvalue weighted by Gasteiger charge is 2.36. The Balaban J connectivity index is 2.18. The van der Waals surface area contributed by atoms with Crippen molar-refractivity contribution < 1.29 is 46.8 Å². The Morgan fingerprint density at radius 1 is 0.590 bits per heavy atom. The minimum atomic E-state index is -4.63. The van der Waals surface area contributed by atoms with Crippen molar-refractivity contribution in [1.82, 2.24) is 0 Å². The molecule has 0 amide bonds. The number of hydrogen-bond acceptors (Lipinski definition) is 9. The third kappa shape index (κ3) is 40.0. The summed E-state index contributed by atoms with van der Waals surface area (Å²) in [5, 5.41) is 0. The lowest BCUT2D eigenvalue weighted by Gasteiger charge is -2.28. The van der Waals surface area contributed by atoms with Crippen LogP contribution in [0.25, 0.3) is 0 Å². The number of phosphoric acid groups is 1. The molecule has 0 aliphatic carbocycles. The summed E-state index contributed by atoms with van der Waals surface area (Å²) in [6.07, 6.45) is 44.1. The summed E-state index contributed by atoms with van der Waals surface area (Å²) in [6.45, 7) is 4.21. The quantitative estimate of drug-likeness (QED) is 0.0147. The molecule has 10 nitrogen and oxygen atoms in total. The van der Waals surface area contributed by atoms with Crippen molar-refractivity contribution in [3.63, 3.8) is 0 Å². The second-order valence-corrected chi connectivity index (χ2v) is 20.3. The highest BCUT2D eigenvalue weighted by atomic mass is 31.2. The molecule has 11 heteroatoms. The minimum absolute atomic E-state index is 0.0332. The molecule has 0 saturated carbocycles. The zero-order valence-corrected chi connectivity index (χ0v) is 41.2. The molecule has 61 heavy (non-hydrogen) atoms. The molecule has 0 spiro atoms. The van der Waals surface area contributed by atoms with E-state index in [2.05, 4.69) is 26.0 Å². The van der Waals surface area contributed by atoms with E-state index < -0.39 is 26.5 Å². The summed E-state index contributed by atoms with van der Waals surface area (Å²) >= 11 is 0. The molecule has 0 aromatic heterocycles. The number of carbonyl (C=O) groups excluding carboxylic acids is 2. The lowest BCUT2D eigenvalue weighted by atomic mass is 10.0. The van der Waals surface area contributed by atoms with Gasteiger partial charge in [-0.1, -0.05) is 193 Å². The van der Waals surface area contributed by atoms with Crippen LogP contribution in [-0.4, -0.2) is 82.2 Å². The van der Waals surface area contributed by atoms with Crippen LogP contribution in [0.3, 0.4) is 0 Å². The fraction of sp³-hybridized carbons (Fsp3) is 0.920. The van der Waals surface area contributed by atoms with Gasteiger partial charge in [-0.15, -0.1) is 0 Å². The van der Waals surface area contributed by atoms with Crippen LogP contribution in [0, 0.1) is 0 Å². The van der Waals surface area contributed by atoms with E-state index in [1.807, 2.05) is 21.1 Å². The van der Waals surface area contributed by atoms with Gasteiger partial charge in [0.05, 0.1) is 40.0 Å². The molecule has 0 N–H and O–H groups in total. The molecule has 0 aromatic rings. The first kappa shape index (κ1) is 57.7. The standard InChI is InChI=1S/C50H96NO9P/c1-6-8-10-11-12-13-14-15-16-17-18-19-20-21-22-23-24-25-29-32-36-40-49(52)56-44-46(45-58-61(54,55)57-43-42-51(3,4)5)59-50(53)41-37-33-30-27-26-28-31-35-39-48-47(60-48)38-34-9-7-2/h31,35,46-48H,6-30,32-34,36-45H2,1-5H3/b35-31-/t46-,47?,48?/m1/s1. The van der Waals surface area contributed by atoms with Gasteiger partial charge < -0.3 is 32.6 Å². The third-order valence-corrected chi connectivity index (χ3v) is 12.7. The number of esters is 2. The minimum Gasteiger partial charge on any atom is -0.756 e. The van der Waals surface area contributed by atoms with Crippen molar-refractivity contribution in [1.29, 1.82) is 0 Å². The number of epoxide rings is 1. The number of likely N-dealkylation sites (N-methyl/N-ethyl adjacent to an activating group) is 1. The van der Waals surface area contributed by atoms with E-state index in [0.717, 1.165) is 57.8 Å². The van der Waals surface area contributed by atoms with Crippen molar-refractivity contribution in [3.05, 3.63) is 12.2 Å². The summed E-state index contributed by atoms with van der Waals surface area (Å²) in [5.74, 6) is -0.843. The summed E-state index contributed by atoms with van der Waals surface area (Å²) in [6, 6.07) is 0. The van der Waals surface area contributed by atoms with Crippen LogP contribution in [0.15, 0.2) is 12.2 Å². The number of phosphoric ester groups is 1. The smallest absolute Gasteiger partial charge is 0.306 e. The summed E-state index contributed by atoms with van der Waals surface area (Å²) in [4.78, 5) is 37.7. The Hall–Kier alpha value is -1.29. The molecule has 0 bridgehead atoms. The normalized spacial score (nSPS) is 16.8. The number of rotatable bonds is 46. The van der Waals surface area contributed by atoms with E-state index in [1.165, 1.54) is 141 Å². The van der Waals surface area contributed by atoms with Crippen molar-refractivity contribution in [2.45, 2.75) is 250 Å². The van der Waals surface area contributed by atoms with Gasteiger partial charge in [0.15, 0.2) is 6.10 Å². The molecule has 1 aliphatic rings. The van der Waals surface area contributed by atoms with Gasteiger partial charge in [0.2, 0.25) is 0 Å². The van der Waals surface area contributed by atoms with Gasteiger partial charge in [-0.3, -0.25) is 14.2 Å².